The highest BCUT2D eigenvalue weighted by atomic mass is 16.5. The molecule has 11 heteroatoms. The number of hydrogen-bond donors (Lipinski definition) is 1. The van der Waals surface area contributed by atoms with Crippen LogP contribution in [-0.2, 0) is 14.2 Å². The van der Waals surface area contributed by atoms with Gasteiger partial charge in [-0.3, -0.25) is 0 Å². The van der Waals surface area contributed by atoms with Crippen LogP contribution < -0.4 is 0 Å². The molecule has 29 heavy (non-hydrogen) atoms. The number of hydrogen-bond acceptors (Lipinski definition) is 9. The van der Waals surface area contributed by atoms with Crippen molar-refractivity contribution in [2.45, 2.75) is 20.8 Å². The summed E-state index contributed by atoms with van der Waals surface area (Å²) >= 11 is 0. The zero-order valence-corrected chi connectivity index (χ0v) is 16.9. The van der Waals surface area contributed by atoms with Crippen molar-refractivity contribution in [2.24, 2.45) is 4.99 Å². The van der Waals surface area contributed by atoms with Gasteiger partial charge in [0.2, 0.25) is 5.95 Å². The number of carbonyl (C=O) groups excluding carboxylic acids is 3. The summed E-state index contributed by atoms with van der Waals surface area (Å²) in [6, 6.07) is 0. The molecule has 0 amide bonds. The average Bonchev–Trinajstić information content (AvgIpc) is 3.09. The number of fused-ring (bicyclic) bond motifs is 1. The molecular formula is C18H23N5O6. The Labute approximate surface area is 167 Å². The van der Waals surface area contributed by atoms with E-state index in [1.54, 1.807) is 39.8 Å². The normalized spacial score (nSPS) is 10.9. The highest BCUT2D eigenvalue weighted by Gasteiger charge is 2.31. The van der Waals surface area contributed by atoms with Gasteiger partial charge in [-0.1, -0.05) is 0 Å². The van der Waals surface area contributed by atoms with Crippen LogP contribution in [0.25, 0.3) is 11.0 Å². The van der Waals surface area contributed by atoms with Crippen molar-refractivity contribution in [1.29, 1.82) is 0 Å². The van der Waals surface area contributed by atoms with Crippen molar-refractivity contribution in [1.82, 2.24) is 19.9 Å². The molecule has 156 valence electrons. The van der Waals surface area contributed by atoms with Crippen molar-refractivity contribution in [3.8, 4) is 0 Å². The monoisotopic (exact) mass is 405 g/mol. The Hall–Kier alpha value is -3.50. The Morgan fingerprint density at radius 1 is 0.931 bits per heavy atom. The molecule has 0 unspecified atom stereocenters. The van der Waals surface area contributed by atoms with Gasteiger partial charge < -0.3 is 24.1 Å². The van der Waals surface area contributed by atoms with Gasteiger partial charge in [-0.15, -0.1) is 0 Å². The van der Waals surface area contributed by atoms with Crippen molar-refractivity contribution in [2.75, 3.05) is 33.9 Å². The fourth-order valence-electron chi connectivity index (χ4n) is 2.37. The quantitative estimate of drug-likeness (QED) is 0.301. The second kappa shape index (κ2) is 9.62. The second-order valence-corrected chi connectivity index (χ2v) is 5.84. The van der Waals surface area contributed by atoms with Gasteiger partial charge in [0.05, 0.1) is 26.2 Å². The Balaban J connectivity index is 2.83. The van der Waals surface area contributed by atoms with Crippen LogP contribution in [0.4, 0.5) is 5.95 Å². The zero-order valence-electron chi connectivity index (χ0n) is 16.9. The van der Waals surface area contributed by atoms with E-state index in [9.17, 15) is 14.4 Å². The van der Waals surface area contributed by atoms with Crippen LogP contribution in [0, 0.1) is 0 Å². The van der Waals surface area contributed by atoms with Crippen LogP contribution in [0.5, 0.6) is 0 Å². The van der Waals surface area contributed by atoms with Crippen LogP contribution >= 0.6 is 0 Å². The molecule has 0 aromatic carbocycles. The number of ether oxygens (including phenoxy) is 3. The molecule has 1 N–H and O–H groups in total. The van der Waals surface area contributed by atoms with Crippen LogP contribution in [0.15, 0.2) is 4.99 Å². The predicted octanol–water partition coefficient (Wildman–Crippen LogP) is 1.71. The fourth-order valence-corrected chi connectivity index (χ4v) is 2.37. The zero-order chi connectivity index (χ0) is 21.6. The molecule has 2 aromatic heterocycles. The SMILES string of the molecule is CCOC(=O)c1nc(C(=O)OCC)c2[nH]c(/N=C/N(C)C)nc2c1C(=O)OCC. The Morgan fingerprint density at radius 3 is 2.03 bits per heavy atom. The second-order valence-electron chi connectivity index (χ2n) is 5.84. The molecule has 0 bridgehead atoms. The number of nitrogens with zero attached hydrogens (tertiary/aromatic N) is 4. The molecule has 2 aromatic rings. The van der Waals surface area contributed by atoms with Crippen LogP contribution in [-0.4, -0.2) is 78.0 Å². The highest BCUT2D eigenvalue weighted by Crippen LogP contribution is 2.27. The Bertz CT molecular complexity index is 950. The van der Waals surface area contributed by atoms with E-state index in [-0.39, 0.29) is 53.8 Å². The van der Waals surface area contributed by atoms with Gasteiger partial charge in [0.1, 0.15) is 16.6 Å². The first kappa shape index (κ1) is 21.8. The number of rotatable bonds is 8. The molecule has 2 heterocycles. The van der Waals surface area contributed by atoms with E-state index in [4.69, 9.17) is 14.2 Å². The number of aromatic amines is 1. The molecule has 0 aliphatic rings. The molecule has 0 atom stereocenters. The molecule has 2 rings (SSSR count). The number of esters is 3. The Kier molecular flexibility index (Phi) is 7.23. The third-order valence-corrected chi connectivity index (χ3v) is 3.45. The summed E-state index contributed by atoms with van der Waals surface area (Å²) in [5, 5.41) is 0. The third-order valence-electron chi connectivity index (χ3n) is 3.45. The number of aromatic nitrogens is 3. The Morgan fingerprint density at radius 2 is 1.48 bits per heavy atom. The van der Waals surface area contributed by atoms with Gasteiger partial charge in [-0.05, 0) is 20.8 Å². The lowest BCUT2D eigenvalue weighted by Crippen LogP contribution is -2.20. The van der Waals surface area contributed by atoms with E-state index in [2.05, 4.69) is 19.9 Å². The molecule has 0 saturated carbocycles. The predicted molar refractivity (Wildman–Crippen MR) is 104 cm³/mol. The number of imidazole rings is 1. The maximum absolute atomic E-state index is 12.6. The molecule has 0 aliphatic carbocycles. The summed E-state index contributed by atoms with van der Waals surface area (Å²) in [7, 11) is 3.53. The minimum absolute atomic E-state index is 0.00969. The lowest BCUT2D eigenvalue weighted by molar-refractivity contribution is 0.0470. The number of nitrogens with one attached hydrogen (secondary N) is 1. The molecular weight excluding hydrogens is 382 g/mol. The third kappa shape index (κ3) is 4.86. The lowest BCUT2D eigenvalue weighted by Gasteiger charge is -2.10. The number of aliphatic imine (C=N–C) groups is 1. The van der Waals surface area contributed by atoms with E-state index in [1.807, 2.05) is 0 Å². The molecule has 0 fully saturated rings. The topological polar surface area (TPSA) is 136 Å². The van der Waals surface area contributed by atoms with E-state index in [0.29, 0.717) is 0 Å². The largest absolute Gasteiger partial charge is 0.462 e. The van der Waals surface area contributed by atoms with Crippen molar-refractivity contribution < 1.29 is 28.6 Å². The molecule has 0 aliphatic heterocycles. The van der Waals surface area contributed by atoms with Crippen molar-refractivity contribution in [3.05, 3.63) is 17.0 Å². The summed E-state index contributed by atoms with van der Waals surface area (Å²) in [5.74, 6) is -2.39. The van der Waals surface area contributed by atoms with Crippen molar-refractivity contribution in [3.63, 3.8) is 0 Å². The van der Waals surface area contributed by atoms with Gasteiger partial charge in [-0.25, -0.2) is 29.3 Å². The first-order valence-electron chi connectivity index (χ1n) is 8.99. The summed E-state index contributed by atoms with van der Waals surface area (Å²) in [5.41, 5.74) is -0.691. The summed E-state index contributed by atoms with van der Waals surface area (Å²) in [6.07, 6.45) is 1.48. The van der Waals surface area contributed by atoms with E-state index in [0.717, 1.165) is 0 Å². The number of pyridine rings is 1. The summed E-state index contributed by atoms with van der Waals surface area (Å²) in [6.45, 7) is 5.07. The van der Waals surface area contributed by atoms with Crippen LogP contribution in [0.2, 0.25) is 0 Å². The van der Waals surface area contributed by atoms with Gasteiger partial charge in [0, 0.05) is 14.1 Å². The summed E-state index contributed by atoms with van der Waals surface area (Å²) < 4.78 is 15.1. The van der Waals surface area contributed by atoms with Gasteiger partial charge in [0.25, 0.3) is 0 Å². The smallest absolute Gasteiger partial charge is 0.359 e. The maximum atomic E-state index is 12.6. The average molecular weight is 405 g/mol. The number of H-pyrrole nitrogens is 1. The van der Waals surface area contributed by atoms with E-state index >= 15 is 0 Å². The van der Waals surface area contributed by atoms with Crippen LogP contribution in [0.1, 0.15) is 52.1 Å². The number of carbonyl (C=O) groups is 3. The standard InChI is InChI=1S/C18H23N5O6/c1-6-27-15(24)10-11-13(22-18(21-11)19-9-23(4)5)14(17(26)29-8-3)20-12(10)16(25)28-7-2/h9H,6-8H2,1-5H3,(H,21,22)/b19-9+. The minimum atomic E-state index is -0.885. The lowest BCUT2D eigenvalue weighted by atomic mass is 10.1. The minimum Gasteiger partial charge on any atom is -0.462 e. The fraction of sp³-hybridized carbons (Fsp3) is 0.444. The van der Waals surface area contributed by atoms with Gasteiger partial charge in [-0.2, -0.15) is 0 Å². The molecule has 11 nitrogen and oxygen atoms in total. The molecule has 0 radical (unpaired) electrons. The highest BCUT2D eigenvalue weighted by molar-refractivity contribution is 6.14. The van der Waals surface area contributed by atoms with E-state index in [1.165, 1.54) is 6.34 Å². The van der Waals surface area contributed by atoms with Gasteiger partial charge in [0.15, 0.2) is 11.4 Å². The first-order chi connectivity index (χ1) is 13.8. The molecule has 0 saturated heterocycles. The van der Waals surface area contributed by atoms with E-state index < -0.39 is 17.9 Å². The maximum Gasteiger partial charge on any atom is 0.359 e. The van der Waals surface area contributed by atoms with Crippen molar-refractivity contribution >= 4 is 41.2 Å². The van der Waals surface area contributed by atoms with Gasteiger partial charge >= 0.3 is 17.9 Å². The first-order valence-corrected chi connectivity index (χ1v) is 8.99. The summed E-state index contributed by atoms with van der Waals surface area (Å²) in [4.78, 5) is 54.4. The van der Waals surface area contributed by atoms with Crippen LogP contribution in [0.3, 0.4) is 0 Å². The molecule has 0 spiro atoms.